The van der Waals surface area contributed by atoms with Crippen molar-refractivity contribution in [3.8, 4) is 0 Å². The minimum Gasteiger partial charge on any atom is -0.0958 e. The van der Waals surface area contributed by atoms with E-state index >= 15 is 0 Å². The van der Waals surface area contributed by atoms with E-state index in [1.54, 1.807) is 0 Å². The highest BCUT2D eigenvalue weighted by atomic mass is 14.1. The zero-order valence-corrected chi connectivity index (χ0v) is 9.61. The molecule has 0 saturated carbocycles. The molecule has 0 aromatic heterocycles. The number of rotatable bonds is 2. The van der Waals surface area contributed by atoms with Gasteiger partial charge in [0.2, 0.25) is 0 Å². The zero-order valence-electron chi connectivity index (χ0n) is 9.61. The van der Waals surface area contributed by atoms with Gasteiger partial charge in [0.25, 0.3) is 0 Å². The van der Waals surface area contributed by atoms with Crippen LogP contribution in [0.3, 0.4) is 0 Å². The van der Waals surface area contributed by atoms with E-state index in [2.05, 4.69) is 62.1 Å². The third kappa shape index (κ3) is 2.60. The molecule has 0 N–H and O–H groups in total. The van der Waals surface area contributed by atoms with Crippen LogP contribution in [0.4, 0.5) is 0 Å². The van der Waals surface area contributed by atoms with Gasteiger partial charge in [-0.1, -0.05) is 66.8 Å². The minimum absolute atomic E-state index is 0.987. The highest BCUT2D eigenvalue weighted by molar-refractivity contribution is 5.59. The summed E-state index contributed by atoms with van der Waals surface area (Å²) in [6, 6.07) is 10.4. The maximum Gasteiger partial charge on any atom is -0.00231 e. The van der Waals surface area contributed by atoms with Gasteiger partial charge in [-0.15, -0.1) is 0 Å². The maximum absolute atomic E-state index is 3.99. The monoisotopic (exact) mass is 208 g/mol. The third-order valence-corrected chi connectivity index (χ3v) is 2.70. The quantitative estimate of drug-likeness (QED) is 0.669. The summed E-state index contributed by atoms with van der Waals surface area (Å²) in [5.41, 5.74) is 5.07. The Morgan fingerprint density at radius 3 is 2.69 bits per heavy atom. The Morgan fingerprint density at radius 2 is 2.00 bits per heavy atom. The average molecular weight is 208 g/mol. The molecule has 1 aliphatic rings. The largest absolute Gasteiger partial charge is 0.0958 e. The summed E-state index contributed by atoms with van der Waals surface area (Å²) in [7, 11) is 0. The molecule has 2 rings (SSSR count). The van der Waals surface area contributed by atoms with Crippen LogP contribution in [-0.2, 0) is 0 Å². The van der Waals surface area contributed by atoms with Crippen molar-refractivity contribution < 1.29 is 0 Å². The summed E-state index contributed by atoms with van der Waals surface area (Å²) in [5.74, 6) is 0. The molecule has 0 aliphatic heterocycles. The number of allylic oxidation sites excluding steroid dienone is 6. The molecule has 0 unspecified atom stereocenters. The van der Waals surface area contributed by atoms with E-state index < -0.39 is 0 Å². The van der Waals surface area contributed by atoms with Crippen molar-refractivity contribution in [1.82, 2.24) is 0 Å². The van der Waals surface area contributed by atoms with Crippen LogP contribution >= 0.6 is 0 Å². The van der Waals surface area contributed by atoms with Gasteiger partial charge in [0.1, 0.15) is 0 Å². The minimum atomic E-state index is 0.987. The van der Waals surface area contributed by atoms with Gasteiger partial charge < -0.3 is 0 Å². The number of benzene rings is 1. The second-order valence-corrected chi connectivity index (χ2v) is 4.14. The van der Waals surface area contributed by atoms with Crippen molar-refractivity contribution in [2.45, 2.75) is 13.3 Å². The van der Waals surface area contributed by atoms with Crippen LogP contribution in [-0.4, -0.2) is 0 Å². The van der Waals surface area contributed by atoms with Crippen molar-refractivity contribution in [2.75, 3.05) is 0 Å². The molecule has 16 heavy (non-hydrogen) atoms. The lowest BCUT2D eigenvalue weighted by Crippen LogP contribution is -1.91. The van der Waals surface area contributed by atoms with Gasteiger partial charge in [-0.3, -0.25) is 0 Å². The molecular formula is C16H16. The standard InChI is InChI=1S/C16H16/c1-13(2)16-10-6-9-15(12-16)11-14-7-4-3-5-8-14/h3-11H,1,12H2,2H3. The Hall–Kier alpha value is -1.82. The van der Waals surface area contributed by atoms with Gasteiger partial charge in [-0.25, -0.2) is 0 Å². The summed E-state index contributed by atoms with van der Waals surface area (Å²) < 4.78 is 0. The molecule has 0 nitrogen and oxygen atoms in total. The van der Waals surface area contributed by atoms with E-state index in [9.17, 15) is 0 Å². The molecule has 0 spiro atoms. The lowest BCUT2D eigenvalue weighted by Gasteiger charge is -2.11. The van der Waals surface area contributed by atoms with E-state index in [1.807, 2.05) is 6.07 Å². The van der Waals surface area contributed by atoms with Gasteiger partial charge in [-0.2, -0.15) is 0 Å². The fourth-order valence-electron chi connectivity index (χ4n) is 1.78. The third-order valence-electron chi connectivity index (χ3n) is 2.70. The van der Waals surface area contributed by atoms with E-state index in [-0.39, 0.29) is 0 Å². The molecular weight excluding hydrogens is 192 g/mol. The number of hydrogen-bond acceptors (Lipinski definition) is 0. The van der Waals surface area contributed by atoms with Crippen LogP contribution in [0.25, 0.3) is 6.08 Å². The Morgan fingerprint density at radius 1 is 1.25 bits per heavy atom. The molecule has 1 aliphatic carbocycles. The topological polar surface area (TPSA) is 0 Å². The second-order valence-electron chi connectivity index (χ2n) is 4.14. The predicted octanol–water partition coefficient (Wildman–Crippen LogP) is 4.53. The highest BCUT2D eigenvalue weighted by Crippen LogP contribution is 2.24. The Labute approximate surface area is 97.3 Å². The summed E-state index contributed by atoms with van der Waals surface area (Å²) in [6.45, 7) is 6.05. The first-order chi connectivity index (χ1) is 7.75. The molecule has 80 valence electrons. The van der Waals surface area contributed by atoms with Crippen LogP contribution in [0.15, 0.2) is 71.9 Å². The lowest BCUT2D eigenvalue weighted by molar-refractivity contribution is 1.15. The fraction of sp³-hybridized carbons (Fsp3) is 0.125. The van der Waals surface area contributed by atoms with Gasteiger partial charge >= 0.3 is 0 Å². The second kappa shape index (κ2) is 4.80. The van der Waals surface area contributed by atoms with Gasteiger partial charge in [0.15, 0.2) is 0 Å². The lowest BCUT2D eigenvalue weighted by atomic mass is 9.94. The molecule has 0 heterocycles. The van der Waals surface area contributed by atoms with Crippen LogP contribution in [0, 0.1) is 0 Å². The van der Waals surface area contributed by atoms with Crippen molar-refractivity contribution in [3.05, 3.63) is 77.4 Å². The van der Waals surface area contributed by atoms with E-state index in [0.717, 1.165) is 12.0 Å². The van der Waals surface area contributed by atoms with Crippen LogP contribution < -0.4 is 0 Å². The molecule has 0 heteroatoms. The van der Waals surface area contributed by atoms with Crippen molar-refractivity contribution in [2.24, 2.45) is 0 Å². The fourth-order valence-corrected chi connectivity index (χ4v) is 1.78. The van der Waals surface area contributed by atoms with Crippen LogP contribution in [0.5, 0.6) is 0 Å². The van der Waals surface area contributed by atoms with Crippen LogP contribution in [0.2, 0.25) is 0 Å². The summed E-state index contributed by atoms with van der Waals surface area (Å²) >= 11 is 0. The SMILES string of the molecule is C=C(C)C1=CC=CC(=Cc2ccccc2)C1. The summed E-state index contributed by atoms with van der Waals surface area (Å²) in [5, 5.41) is 0. The van der Waals surface area contributed by atoms with Crippen molar-refractivity contribution in [1.29, 1.82) is 0 Å². The molecule has 0 atom stereocenters. The van der Waals surface area contributed by atoms with Crippen LogP contribution in [0.1, 0.15) is 18.9 Å². The molecule has 1 aromatic carbocycles. The van der Waals surface area contributed by atoms with E-state index in [4.69, 9.17) is 0 Å². The average Bonchev–Trinajstić information content (AvgIpc) is 2.30. The maximum atomic E-state index is 3.99. The van der Waals surface area contributed by atoms with Crippen molar-refractivity contribution >= 4 is 6.08 Å². The molecule has 0 radical (unpaired) electrons. The number of hydrogen-bond donors (Lipinski definition) is 0. The molecule has 0 saturated heterocycles. The molecule has 0 bridgehead atoms. The van der Waals surface area contributed by atoms with Gasteiger partial charge in [-0.05, 0) is 30.1 Å². The molecule has 1 aromatic rings. The first-order valence-electron chi connectivity index (χ1n) is 5.54. The van der Waals surface area contributed by atoms with E-state index in [0.29, 0.717) is 0 Å². The van der Waals surface area contributed by atoms with Gasteiger partial charge in [0, 0.05) is 0 Å². The summed E-state index contributed by atoms with van der Waals surface area (Å²) in [6.07, 6.45) is 9.62. The molecule has 0 amide bonds. The summed E-state index contributed by atoms with van der Waals surface area (Å²) in [4.78, 5) is 0. The van der Waals surface area contributed by atoms with Crippen molar-refractivity contribution in [3.63, 3.8) is 0 Å². The Kier molecular flexibility index (Phi) is 3.21. The first-order valence-corrected chi connectivity index (χ1v) is 5.54. The predicted molar refractivity (Wildman–Crippen MR) is 71.1 cm³/mol. The normalized spacial score (nSPS) is 17.3. The molecule has 0 fully saturated rings. The smallest absolute Gasteiger partial charge is 0.00231 e. The first kappa shape index (κ1) is 10.7. The van der Waals surface area contributed by atoms with Gasteiger partial charge in [0.05, 0.1) is 0 Å². The van der Waals surface area contributed by atoms with E-state index in [1.165, 1.54) is 16.7 Å². The zero-order chi connectivity index (χ0) is 11.4. The Balaban J connectivity index is 2.20. The Bertz CT molecular complexity index is 470. The highest BCUT2D eigenvalue weighted by Gasteiger charge is 2.04.